The van der Waals surface area contributed by atoms with Crippen LogP contribution in [0.25, 0.3) is 0 Å². The first-order valence-corrected chi connectivity index (χ1v) is 6.08. The van der Waals surface area contributed by atoms with E-state index in [0.29, 0.717) is 0 Å². The van der Waals surface area contributed by atoms with Gasteiger partial charge in [-0.1, -0.05) is 46.4 Å². The molecule has 8 heteroatoms. The molecule has 0 radical (unpaired) electrons. The summed E-state index contributed by atoms with van der Waals surface area (Å²) < 4.78 is -1.88. The number of fused-ring (bicyclic) bond motifs is 2. The highest BCUT2D eigenvalue weighted by Gasteiger charge is 2.82. The molecule has 0 spiro atoms. The van der Waals surface area contributed by atoms with Gasteiger partial charge in [0.2, 0.25) is 0 Å². The van der Waals surface area contributed by atoms with Crippen LogP contribution >= 0.6 is 69.6 Å². The zero-order valence-corrected chi connectivity index (χ0v) is 11.4. The molecular weight excluding hydrogens is 329 g/mol. The minimum absolute atomic E-state index is 0.136. The summed E-state index contributed by atoms with van der Waals surface area (Å²) in [7, 11) is 0. The summed E-state index contributed by atoms with van der Waals surface area (Å²) in [5.41, 5.74) is 0. The summed E-state index contributed by atoms with van der Waals surface area (Å²) >= 11 is 35.7. The standard InChI is InChI=1S/C7H4Cl6O2/c8-1-2(9)6(11)4(15)3(14)5(1,10)7(6,12)13/h3-4,14-15H. The number of aliphatic hydroxyl groups is 2. The van der Waals surface area contributed by atoms with Crippen molar-refractivity contribution in [3.8, 4) is 0 Å². The molecule has 2 nitrogen and oxygen atoms in total. The third-order valence-electron chi connectivity index (χ3n) is 2.86. The van der Waals surface area contributed by atoms with Crippen LogP contribution in [0, 0.1) is 0 Å². The Labute approximate surface area is 116 Å². The van der Waals surface area contributed by atoms with Gasteiger partial charge in [0.05, 0.1) is 10.1 Å². The first-order chi connectivity index (χ1) is 6.63. The van der Waals surface area contributed by atoms with E-state index in [2.05, 4.69) is 0 Å². The highest BCUT2D eigenvalue weighted by Crippen LogP contribution is 2.72. The third-order valence-corrected chi connectivity index (χ3v) is 7.10. The molecule has 0 aromatic rings. The van der Waals surface area contributed by atoms with Crippen LogP contribution in [0.1, 0.15) is 0 Å². The highest BCUT2D eigenvalue weighted by molar-refractivity contribution is 6.66. The SMILES string of the molecule is OC1C(O)C2(Cl)C(Cl)=C(Cl)C1(Cl)C2(Cl)Cl. The first kappa shape index (κ1) is 12.8. The molecule has 0 aromatic heterocycles. The number of rotatable bonds is 0. The van der Waals surface area contributed by atoms with Crippen LogP contribution in [-0.2, 0) is 0 Å². The molecule has 1 fully saturated rings. The number of alkyl halides is 4. The van der Waals surface area contributed by atoms with Crippen molar-refractivity contribution in [2.45, 2.75) is 26.3 Å². The summed E-state index contributed by atoms with van der Waals surface area (Å²) in [6.45, 7) is 0. The molecule has 0 saturated heterocycles. The quantitative estimate of drug-likeness (QED) is 0.669. The van der Waals surface area contributed by atoms with Crippen molar-refractivity contribution in [1.29, 1.82) is 0 Å². The largest absolute Gasteiger partial charge is 0.388 e. The molecule has 2 N–H and O–H groups in total. The Kier molecular flexibility index (Phi) is 2.77. The number of hydrogen-bond acceptors (Lipinski definition) is 2. The lowest BCUT2D eigenvalue weighted by Gasteiger charge is -2.31. The minimum atomic E-state index is -1.88. The second-order valence-electron chi connectivity index (χ2n) is 3.52. The van der Waals surface area contributed by atoms with E-state index in [1.54, 1.807) is 0 Å². The van der Waals surface area contributed by atoms with Crippen molar-refractivity contribution in [2.75, 3.05) is 0 Å². The van der Waals surface area contributed by atoms with Gasteiger partial charge in [0.15, 0.2) is 4.33 Å². The molecule has 1 saturated carbocycles. The van der Waals surface area contributed by atoms with Crippen LogP contribution in [0.2, 0.25) is 0 Å². The van der Waals surface area contributed by atoms with Crippen LogP contribution in [-0.4, -0.2) is 36.5 Å². The zero-order valence-electron chi connectivity index (χ0n) is 6.82. The summed E-state index contributed by atoms with van der Waals surface area (Å²) in [6, 6.07) is 0. The van der Waals surface area contributed by atoms with E-state index in [0.717, 1.165) is 0 Å². The van der Waals surface area contributed by atoms with Crippen LogP contribution in [0.15, 0.2) is 10.1 Å². The fourth-order valence-electron chi connectivity index (χ4n) is 1.93. The molecule has 86 valence electrons. The molecule has 0 aliphatic heterocycles. The maximum absolute atomic E-state index is 9.72. The Morgan fingerprint density at radius 3 is 1.27 bits per heavy atom. The van der Waals surface area contributed by atoms with Crippen molar-refractivity contribution < 1.29 is 10.2 Å². The predicted octanol–water partition coefficient (Wildman–Crippen LogP) is 2.55. The van der Waals surface area contributed by atoms with E-state index >= 15 is 0 Å². The van der Waals surface area contributed by atoms with Crippen molar-refractivity contribution in [1.82, 2.24) is 0 Å². The highest BCUT2D eigenvalue weighted by atomic mass is 35.5. The van der Waals surface area contributed by atoms with Gasteiger partial charge in [-0.15, -0.1) is 23.2 Å². The molecule has 4 atom stereocenters. The Balaban J connectivity index is 2.76. The second kappa shape index (κ2) is 3.24. The number of aliphatic hydroxyl groups excluding tert-OH is 2. The Bertz CT molecular complexity index is 336. The minimum Gasteiger partial charge on any atom is -0.388 e. The molecule has 0 heterocycles. The van der Waals surface area contributed by atoms with Gasteiger partial charge in [-0.05, 0) is 0 Å². The summed E-state index contributed by atoms with van der Waals surface area (Å²) in [4.78, 5) is -3.56. The molecule has 2 aliphatic carbocycles. The fraction of sp³-hybridized carbons (Fsp3) is 0.714. The molecule has 0 amide bonds. The number of hydrogen-bond donors (Lipinski definition) is 2. The summed E-state index contributed by atoms with van der Waals surface area (Å²) in [6.07, 6.45) is -2.97. The third kappa shape index (κ3) is 1.05. The Morgan fingerprint density at radius 2 is 1.07 bits per heavy atom. The van der Waals surface area contributed by atoms with E-state index in [1.807, 2.05) is 0 Å². The van der Waals surface area contributed by atoms with Crippen LogP contribution in [0.5, 0.6) is 0 Å². The van der Waals surface area contributed by atoms with Gasteiger partial charge in [0.25, 0.3) is 0 Å². The average Bonchev–Trinajstić information content (AvgIpc) is 2.34. The van der Waals surface area contributed by atoms with E-state index in [-0.39, 0.29) is 10.1 Å². The lowest BCUT2D eigenvalue weighted by Crippen LogP contribution is -2.45. The smallest absolute Gasteiger partial charge is 0.171 e. The Morgan fingerprint density at radius 1 is 0.800 bits per heavy atom. The van der Waals surface area contributed by atoms with Gasteiger partial charge >= 0.3 is 0 Å². The number of halogens is 6. The maximum atomic E-state index is 9.72. The van der Waals surface area contributed by atoms with Gasteiger partial charge in [-0.2, -0.15) is 0 Å². The van der Waals surface area contributed by atoms with Crippen molar-refractivity contribution in [3.05, 3.63) is 10.1 Å². The molecule has 2 bridgehead atoms. The average molecular weight is 333 g/mol. The normalized spacial score (nSPS) is 52.8. The van der Waals surface area contributed by atoms with Crippen molar-refractivity contribution in [2.24, 2.45) is 0 Å². The summed E-state index contributed by atoms with van der Waals surface area (Å²) in [5.74, 6) is 0. The van der Waals surface area contributed by atoms with Crippen molar-refractivity contribution >= 4 is 69.6 Å². The van der Waals surface area contributed by atoms with Crippen LogP contribution < -0.4 is 0 Å². The molecular formula is C7H4Cl6O2. The van der Waals surface area contributed by atoms with E-state index < -0.39 is 26.3 Å². The predicted molar refractivity (Wildman–Crippen MR) is 62.4 cm³/mol. The van der Waals surface area contributed by atoms with Gasteiger partial charge < -0.3 is 10.2 Å². The Hall–Kier alpha value is 1.40. The first-order valence-electron chi connectivity index (χ1n) is 3.81. The fourth-order valence-corrected chi connectivity index (χ4v) is 4.62. The second-order valence-corrected chi connectivity index (χ2v) is 6.79. The topological polar surface area (TPSA) is 40.5 Å². The zero-order chi connectivity index (χ0) is 11.8. The molecule has 4 unspecified atom stereocenters. The monoisotopic (exact) mass is 330 g/mol. The van der Waals surface area contributed by atoms with Crippen LogP contribution in [0.3, 0.4) is 0 Å². The van der Waals surface area contributed by atoms with E-state index in [4.69, 9.17) is 69.6 Å². The van der Waals surface area contributed by atoms with Gasteiger partial charge in [0, 0.05) is 0 Å². The lowest BCUT2D eigenvalue weighted by molar-refractivity contribution is 0.0219. The lowest BCUT2D eigenvalue weighted by atomic mass is 10.0. The molecule has 0 aromatic carbocycles. The maximum Gasteiger partial charge on any atom is 0.171 e. The van der Waals surface area contributed by atoms with Crippen molar-refractivity contribution in [3.63, 3.8) is 0 Å². The van der Waals surface area contributed by atoms with Gasteiger partial charge in [-0.3, -0.25) is 0 Å². The molecule has 15 heavy (non-hydrogen) atoms. The molecule has 2 aliphatic rings. The van der Waals surface area contributed by atoms with Crippen LogP contribution in [0.4, 0.5) is 0 Å². The molecule has 2 rings (SSSR count). The van der Waals surface area contributed by atoms with E-state index in [1.165, 1.54) is 0 Å². The summed E-state index contributed by atoms with van der Waals surface area (Å²) in [5, 5.41) is 19.2. The van der Waals surface area contributed by atoms with Gasteiger partial charge in [-0.25, -0.2) is 0 Å². The van der Waals surface area contributed by atoms with Gasteiger partial charge in [0.1, 0.15) is 22.0 Å². The van der Waals surface area contributed by atoms with E-state index in [9.17, 15) is 10.2 Å².